The first-order chi connectivity index (χ1) is 7.77. The lowest BCUT2D eigenvalue weighted by molar-refractivity contribution is -0.133. The van der Waals surface area contributed by atoms with Crippen LogP contribution in [0.25, 0.3) is 0 Å². The number of pyridine rings is 1. The molecule has 1 aromatic rings. The minimum absolute atomic E-state index is 0. The van der Waals surface area contributed by atoms with Crippen LogP contribution in [0.1, 0.15) is 12.5 Å². The van der Waals surface area contributed by atoms with Gasteiger partial charge in [-0.1, -0.05) is 6.07 Å². The van der Waals surface area contributed by atoms with Crippen LogP contribution >= 0.6 is 12.4 Å². The van der Waals surface area contributed by atoms with Crippen molar-refractivity contribution in [1.29, 1.82) is 0 Å². The summed E-state index contributed by atoms with van der Waals surface area (Å²) in [5, 5.41) is 3.28. The molecule has 1 fully saturated rings. The number of carbonyl (C=O) groups is 1. The first kappa shape index (κ1) is 13.9. The second kappa shape index (κ2) is 6.57. The molecular weight excluding hydrogens is 238 g/mol. The zero-order valence-electron chi connectivity index (χ0n) is 9.93. The van der Waals surface area contributed by atoms with E-state index in [0.717, 1.165) is 25.2 Å². The molecule has 2 rings (SSSR count). The van der Waals surface area contributed by atoms with Crippen molar-refractivity contribution in [2.45, 2.75) is 19.4 Å². The number of nitrogens with one attached hydrogen (secondary N) is 1. The minimum Gasteiger partial charge on any atom is -0.337 e. The molecule has 1 N–H and O–H groups in total. The van der Waals surface area contributed by atoms with Crippen LogP contribution in [-0.2, 0) is 11.2 Å². The lowest BCUT2D eigenvalue weighted by atomic mass is 10.1. The largest absolute Gasteiger partial charge is 0.337 e. The van der Waals surface area contributed by atoms with Crippen molar-refractivity contribution in [3.63, 3.8) is 0 Å². The molecule has 1 aromatic heterocycles. The SMILES string of the molecule is C[C@H]1CNCCN1C(=O)Cc1cccnc1.Cl. The van der Waals surface area contributed by atoms with E-state index >= 15 is 0 Å². The van der Waals surface area contributed by atoms with Gasteiger partial charge in [-0.25, -0.2) is 0 Å². The van der Waals surface area contributed by atoms with E-state index in [9.17, 15) is 4.79 Å². The maximum absolute atomic E-state index is 12.0. The summed E-state index contributed by atoms with van der Waals surface area (Å²) >= 11 is 0. The summed E-state index contributed by atoms with van der Waals surface area (Å²) in [4.78, 5) is 18.0. The second-order valence-electron chi connectivity index (χ2n) is 4.18. The molecule has 0 aliphatic carbocycles. The highest BCUT2D eigenvalue weighted by Crippen LogP contribution is 2.07. The molecule has 2 heterocycles. The highest BCUT2D eigenvalue weighted by atomic mass is 35.5. The monoisotopic (exact) mass is 255 g/mol. The smallest absolute Gasteiger partial charge is 0.227 e. The van der Waals surface area contributed by atoms with E-state index in [1.807, 2.05) is 17.0 Å². The molecule has 0 aromatic carbocycles. The Morgan fingerprint density at radius 3 is 3.12 bits per heavy atom. The standard InChI is InChI=1S/C12H17N3O.ClH/c1-10-8-14-5-6-15(10)12(16)7-11-3-2-4-13-9-11;/h2-4,9-10,14H,5-8H2,1H3;1H/t10-;/m0./s1. The molecule has 4 nitrogen and oxygen atoms in total. The molecular formula is C12H18ClN3O. The number of rotatable bonds is 2. The molecule has 0 bridgehead atoms. The van der Waals surface area contributed by atoms with Crippen molar-refractivity contribution in [2.75, 3.05) is 19.6 Å². The summed E-state index contributed by atoms with van der Waals surface area (Å²) in [6.45, 7) is 4.66. The van der Waals surface area contributed by atoms with Crippen LogP contribution in [0.15, 0.2) is 24.5 Å². The zero-order valence-corrected chi connectivity index (χ0v) is 10.7. The van der Waals surface area contributed by atoms with Crippen LogP contribution in [0.2, 0.25) is 0 Å². The number of hydrogen-bond acceptors (Lipinski definition) is 3. The molecule has 1 amide bonds. The van der Waals surface area contributed by atoms with Gasteiger partial charge in [-0.15, -0.1) is 12.4 Å². The average Bonchev–Trinajstić information content (AvgIpc) is 2.31. The zero-order chi connectivity index (χ0) is 11.4. The van der Waals surface area contributed by atoms with Gasteiger partial charge in [0.1, 0.15) is 0 Å². The fourth-order valence-corrected chi connectivity index (χ4v) is 1.99. The van der Waals surface area contributed by atoms with Gasteiger partial charge in [0.25, 0.3) is 0 Å². The van der Waals surface area contributed by atoms with Crippen molar-refractivity contribution < 1.29 is 4.79 Å². The maximum atomic E-state index is 12.0. The molecule has 0 unspecified atom stereocenters. The Labute approximate surface area is 108 Å². The molecule has 1 saturated heterocycles. The Kier molecular flexibility index (Phi) is 5.38. The van der Waals surface area contributed by atoms with Gasteiger partial charge in [0.15, 0.2) is 0 Å². The second-order valence-corrected chi connectivity index (χ2v) is 4.18. The van der Waals surface area contributed by atoms with Crippen LogP contribution < -0.4 is 5.32 Å². The predicted molar refractivity (Wildman–Crippen MR) is 69.2 cm³/mol. The topological polar surface area (TPSA) is 45.2 Å². The summed E-state index contributed by atoms with van der Waals surface area (Å²) in [6.07, 6.45) is 3.93. The first-order valence-electron chi connectivity index (χ1n) is 5.66. The van der Waals surface area contributed by atoms with E-state index in [1.165, 1.54) is 0 Å². The van der Waals surface area contributed by atoms with Gasteiger partial charge in [-0.3, -0.25) is 9.78 Å². The Morgan fingerprint density at radius 2 is 2.47 bits per heavy atom. The van der Waals surface area contributed by atoms with E-state index in [4.69, 9.17) is 0 Å². The quantitative estimate of drug-likeness (QED) is 0.853. The van der Waals surface area contributed by atoms with Crippen LogP contribution in [-0.4, -0.2) is 41.5 Å². The van der Waals surface area contributed by atoms with Gasteiger partial charge in [-0.05, 0) is 18.6 Å². The van der Waals surface area contributed by atoms with E-state index in [-0.39, 0.29) is 24.4 Å². The van der Waals surface area contributed by atoms with E-state index in [2.05, 4.69) is 17.2 Å². The fourth-order valence-electron chi connectivity index (χ4n) is 1.99. The van der Waals surface area contributed by atoms with Crippen LogP contribution in [0.4, 0.5) is 0 Å². The van der Waals surface area contributed by atoms with Gasteiger partial charge in [0.2, 0.25) is 5.91 Å². The van der Waals surface area contributed by atoms with Crippen molar-refractivity contribution in [2.24, 2.45) is 0 Å². The van der Waals surface area contributed by atoms with Gasteiger partial charge >= 0.3 is 0 Å². The van der Waals surface area contributed by atoms with E-state index < -0.39 is 0 Å². The fraction of sp³-hybridized carbons (Fsp3) is 0.500. The molecule has 0 spiro atoms. The number of carbonyl (C=O) groups excluding carboxylic acids is 1. The Hall–Kier alpha value is -1.13. The Bertz CT molecular complexity index is 358. The highest BCUT2D eigenvalue weighted by Gasteiger charge is 2.22. The number of halogens is 1. The van der Waals surface area contributed by atoms with Gasteiger partial charge in [0, 0.05) is 38.1 Å². The van der Waals surface area contributed by atoms with Crippen molar-refractivity contribution in [3.8, 4) is 0 Å². The summed E-state index contributed by atoms with van der Waals surface area (Å²) in [7, 11) is 0. The third kappa shape index (κ3) is 3.68. The number of nitrogens with zero attached hydrogens (tertiary/aromatic N) is 2. The normalized spacial score (nSPS) is 19.6. The van der Waals surface area contributed by atoms with Crippen molar-refractivity contribution >= 4 is 18.3 Å². The van der Waals surface area contributed by atoms with Crippen molar-refractivity contribution in [1.82, 2.24) is 15.2 Å². The maximum Gasteiger partial charge on any atom is 0.227 e. The molecule has 0 radical (unpaired) electrons. The van der Waals surface area contributed by atoms with Crippen LogP contribution in [0, 0.1) is 0 Å². The van der Waals surface area contributed by atoms with E-state index in [0.29, 0.717) is 6.42 Å². The van der Waals surface area contributed by atoms with Gasteiger partial charge in [-0.2, -0.15) is 0 Å². The third-order valence-corrected chi connectivity index (χ3v) is 2.90. The summed E-state index contributed by atoms with van der Waals surface area (Å²) in [5.41, 5.74) is 0.984. The van der Waals surface area contributed by atoms with Crippen LogP contribution in [0.5, 0.6) is 0 Å². The Balaban J connectivity index is 0.00000144. The first-order valence-corrected chi connectivity index (χ1v) is 5.66. The number of piperazine rings is 1. The Morgan fingerprint density at radius 1 is 1.65 bits per heavy atom. The third-order valence-electron chi connectivity index (χ3n) is 2.90. The number of aromatic nitrogens is 1. The molecule has 1 atom stereocenters. The van der Waals surface area contributed by atoms with Gasteiger partial charge in [0.05, 0.1) is 6.42 Å². The lowest BCUT2D eigenvalue weighted by Crippen LogP contribution is -2.52. The number of hydrogen-bond donors (Lipinski definition) is 1. The average molecular weight is 256 g/mol. The lowest BCUT2D eigenvalue weighted by Gasteiger charge is -2.34. The van der Waals surface area contributed by atoms with Crippen molar-refractivity contribution in [3.05, 3.63) is 30.1 Å². The molecule has 0 saturated carbocycles. The molecule has 1 aliphatic heterocycles. The number of amides is 1. The van der Waals surface area contributed by atoms with Gasteiger partial charge < -0.3 is 10.2 Å². The molecule has 94 valence electrons. The van der Waals surface area contributed by atoms with Crippen LogP contribution in [0.3, 0.4) is 0 Å². The minimum atomic E-state index is 0. The molecule has 17 heavy (non-hydrogen) atoms. The summed E-state index contributed by atoms with van der Waals surface area (Å²) in [6, 6.07) is 4.10. The predicted octanol–water partition coefficient (Wildman–Crippen LogP) is 0.866. The summed E-state index contributed by atoms with van der Waals surface area (Å²) in [5.74, 6) is 0.196. The molecule has 1 aliphatic rings. The van der Waals surface area contributed by atoms with E-state index in [1.54, 1.807) is 12.4 Å². The summed E-state index contributed by atoms with van der Waals surface area (Å²) < 4.78 is 0. The highest BCUT2D eigenvalue weighted by molar-refractivity contribution is 5.85. The molecule has 5 heteroatoms.